The molecule has 3 heterocycles. The van der Waals surface area contributed by atoms with Crippen LogP contribution in [0.25, 0.3) is 26.3 Å². The quantitative estimate of drug-likeness (QED) is 0.265. The minimum absolute atomic E-state index is 0.0645. The molecular formula is C19H13N3OS3. The van der Waals surface area contributed by atoms with E-state index in [1.54, 1.807) is 15.9 Å². The number of hydrogen-bond donors (Lipinski definition) is 0. The molecule has 4 aromatic rings. The van der Waals surface area contributed by atoms with Crippen LogP contribution in [0.5, 0.6) is 0 Å². The van der Waals surface area contributed by atoms with E-state index in [1.807, 2.05) is 53.2 Å². The minimum atomic E-state index is -0.0645. The van der Waals surface area contributed by atoms with E-state index >= 15 is 0 Å². The van der Waals surface area contributed by atoms with Crippen molar-refractivity contribution >= 4 is 44.7 Å². The van der Waals surface area contributed by atoms with Crippen LogP contribution in [-0.2, 0) is 0 Å². The van der Waals surface area contributed by atoms with Gasteiger partial charge in [-0.2, -0.15) is 5.26 Å². The molecule has 0 aliphatic rings. The Labute approximate surface area is 162 Å². The molecule has 0 radical (unpaired) electrons. The number of hydrogen-bond acceptors (Lipinski definition) is 6. The highest BCUT2D eigenvalue weighted by Crippen LogP contribution is 2.35. The molecule has 0 saturated carbocycles. The Hall–Kier alpha value is -2.40. The second-order valence-electron chi connectivity index (χ2n) is 5.43. The fraction of sp³-hybridized carbons (Fsp3) is 0.105. The first-order chi connectivity index (χ1) is 12.8. The van der Waals surface area contributed by atoms with E-state index in [2.05, 4.69) is 6.07 Å². The highest BCUT2D eigenvalue weighted by molar-refractivity contribution is 7.99. The topological polar surface area (TPSA) is 58.7 Å². The van der Waals surface area contributed by atoms with E-state index in [1.165, 1.54) is 23.1 Å². The van der Waals surface area contributed by atoms with Gasteiger partial charge < -0.3 is 0 Å². The highest BCUT2D eigenvalue weighted by Gasteiger charge is 2.18. The summed E-state index contributed by atoms with van der Waals surface area (Å²) in [4.78, 5) is 20.0. The molecule has 0 unspecified atom stereocenters. The van der Waals surface area contributed by atoms with Crippen LogP contribution in [-0.4, -0.2) is 15.3 Å². The smallest absolute Gasteiger partial charge is 0.268 e. The number of benzene rings is 1. The van der Waals surface area contributed by atoms with Gasteiger partial charge in [0.05, 0.1) is 17.1 Å². The van der Waals surface area contributed by atoms with Gasteiger partial charge in [0.1, 0.15) is 4.83 Å². The number of thiophene rings is 2. The van der Waals surface area contributed by atoms with Gasteiger partial charge in [0, 0.05) is 28.0 Å². The lowest BCUT2D eigenvalue weighted by molar-refractivity contribution is 0.822. The first-order valence-electron chi connectivity index (χ1n) is 7.93. The molecule has 26 heavy (non-hydrogen) atoms. The van der Waals surface area contributed by atoms with E-state index in [9.17, 15) is 4.79 Å². The molecule has 0 saturated heterocycles. The monoisotopic (exact) mass is 395 g/mol. The molecule has 0 atom stereocenters. The van der Waals surface area contributed by atoms with Crippen LogP contribution in [0.4, 0.5) is 0 Å². The maximum absolute atomic E-state index is 13.4. The summed E-state index contributed by atoms with van der Waals surface area (Å²) in [6.45, 7) is 0. The second-order valence-corrected chi connectivity index (χ2v) is 8.30. The van der Waals surface area contributed by atoms with Crippen LogP contribution in [0.15, 0.2) is 63.2 Å². The highest BCUT2D eigenvalue weighted by atomic mass is 32.2. The van der Waals surface area contributed by atoms with Crippen molar-refractivity contribution in [2.75, 3.05) is 5.75 Å². The second kappa shape index (κ2) is 7.46. The molecule has 128 valence electrons. The Kier molecular flexibility index (Phi) is 4.89. The van der Waals surface area contributed by atoms with Crippen molar-refractivity contribution < 1.29 is 0 Å². The van der Waals surface area contributed by atoms with Crippen molar-refractivity contribution in [2.45, 2.75) is 11.6 Å². The third-order valence-electron chi connectivity index (χ3n) is 3.82. The van der Waals surface area contributed by atoms with Crippen LogP contribution in [0.2, 0.25) is 0 Å². The largest absolute Gasteiger partial charge is 0.268 e. The van der Waals surface area contributed by atoms with Crippen molar-refractivity contribution in [3.05, 3.63) is 63.6 Å². The van der Waals surface area contributed by atoms with Gasteiger partial charge in [0.25, 0.3) is 5.56 Å². The molecular weight excluding hydrogens is 382 g/mol. The van der Waals surface area contributed by atoms with Gasteiger partial charge in [-0.15, -0.1) is 22.7 Å². The van der Waals surface area contributed by atoms with Crippen molar-refractivity contribution in [1.82, 2.24) is 9.55 Å². The zero-order valence-electron chi connectivity index (χ0n) is 13.6. The molecule has 0 fully saturated rings. The maximum Gasteiger partial charge on any atom is 0.268 e. The summed E-state index contributed by atoms with van der Waals surface area (Å²) in [6.07, 6.45) is 0.415. The Morgan fingerprint density at radius 1 is 1.15 bits per heavy atom. The van der Waals surface area contributed by atoms with Gasteiger partial charge in [-0.25, -0.2) is 4.98 Å². The summed E-state index contributed by atoms with van der Waals surface area (Å²) in [6, 6.07) is 15.7. The number of nitrogens with zero attached hydrogens (tertiary/aromatic N) is 3. The minimum Gasteiger partial charge on any atom is -0.268 e. The molecule has 0 aliphatic heterocycles. The summed E-state index contributed by atoms with van der Waals surface area (Å²) < 4.78 is 1.66. The molecule has 7 heteroatoms. The summed E-state index contributed by atoms with van der Waals surface area (Å²) >= 11 is 4.54. The summed E-state index contributed by atoms with van der Waals surface area (Å²) in [5, 5.41) is 14.1. The first kappa shape index (κ1) is 17.0. The van der Waals surface area contributed by atoms with Gasteiger partial charge in [0.2, 0.25) is 0 Å². The van der Waals surface area contributed by atoms with Gasteiger partial charge in [-0.05, 0) is 23.6 Å². The fourth-order valence-corrected chi connectivity index (χ4v) is 5.33. The lowest BCUT2D eigenvalue weighted by Crippen LogP contribution is -2.21. The van der Waals surface area contributed by atoms with E-state index in [0.29, 0.717) is 22.7 Å². The van der Waals surface area contributed by atoms with Crippen molar-refractivity contribution in [2.24, 2.45) is 0 Å². The molecule has 4 rings (SSSR count). The van der Waals surface area contributed by atoms with Gasteiger partial charge in [-0.3, -0.25) is 9.36 Å². The third kappa shape index (κ3) is 3.07. The zero-order chi connectivity index (χ0) is 17.9. The Balaban J connectivity index is 1.96. The van der Waals surface area contributed by atoms with Crippen LogP contribution in [0.3, 0.4) is 0 Å². The van der Waals surface area contributed by atoms with E-state index < -0.39 is 0 Å². The Morgan fingerprint density at radius 2 is 2.00 bits per heavy atom. The normalized spacial score (nSPS) is 10.9. The number of thioether (sulfide) groups is 1. The SMILES string of the molecule is N#CCCSc1nc2scc(-c3cccs3)c2c(=O)n1-c1ccccc1. The summed E-state index contributed by atoms with van der Waals surface area (Å²) in [7, 11) is 0. The van der Waals surface area contributed by atoms with Gasteiger partial charge >= 0.3 is 0 Å². The van der Waals surface area contributed by atoms with E-state index in [4.69, 9.17) is 10.2 Å². The van der Waals surface area contributed by atoms with Crippen LogP contribution in [0.1, 0.15) is 6.42 Å². The predicted octanol–water partition coefficient (Wildman–Crippen LogP) is 5.18. The standard InChI is InChI=1S/C19H13N3OS3/c20-9-5-11-25-19-21-17-16(14(12-26-17)15-8-4-10-24-15)18(23)22(19)13-6-2-1-3-7-13/h1-4,6-8,10,12H,5,11H2. The van der Waals surface area contributed by atoms with Crippen LogP contribution in [0, 0.1) is 11.3 Å². The van der Waals surface area contributed by atoms with Crippen molar-refractivity contribution in [1.29, 1.82) is 5.26 Å². The number of fused-ring (bicyclic) bond motifs is 1. The molecule has 0 aliphatic carbocycles. The Morgan fingerprint density at radius 3 is 2.73 bits per heavy atom. The molecule has 0 spiro atoms. The maximum atomic E-state index is 13.4. The number of para-hydroxylation sites is 1. The summed E-state index contributed by atoms with van der Waals surface area (Å²) in [5.74, 6) is 0.602. The van der Waals surface area contributed by atoms with Gasteiger partial charge in [0.15, 0.2) is 5.16 Å². The van der Waals surface area contributed by atoms with Crippen LogP contribution >= 0.6 is 34.4 Å². The van der Waals surface area contributed by atoms with Crippen molar-refractivity contribution in [3.63, 3.8) is 0 Å². The number of aromatic nitrogens is 2. The third-order valence-corrected chi connectivity index (χ3v) is 6.54. The molecule has 3 aromatic heterocycles. The van der Waals surface area contributed by atoms with E-state index in [0.717, 1.165) is 21.0 Å². The lowest BCUT2D eigenvalue weighted by Gasteiger charge is -2.12. The molecule has 0 N–H and O–H groups in total. The summed E-state index contributed by atoms with van der Waals surface area (Å²) in [5.41, 5.74) is 1.66. The van der Waals surface area contributed by atoms with Gasteiger partial charge in [-0.1, -0.05) is 36.0 Å². The molecule has 0 amide bonds. The number of nitriles is 1. The fourth-order valence-electron chi connectivity index (χ4n) is 2.67. The van der Waals surface area contributed by atoms with E-state index in [-0.39, 0.29) is 5.56 Å². The molecule has 4 nitrogen and oxygen atoms in total. The average molecular weight is 396 g/mol. The first-order valence-corrected chi connectivity index (χ1v) is 10.7. The number of rotatable bonds is 5. The van der Waals surface area contributed by atoms with Crippen LogP contribution < -0.4 is 5.56 Å². The lowest BCUT2D eigenvalue weighted by atomic mass is 10.2. The molecule has 1 aromatic carbocycles. The van der Waals surface area contributed by atoms with Crippen molar-refractivity contribution in [3.8, 4) is 22.2 Å². The average Bonchev–Trinajstić information content (AvgIpc) is 3.32. The Bertz CT molecular complexity index is 1140. The predicted molar refractivity (Wildman–Crippen MR) is 109 cm³/mol. The molecule has 0 bridgehead atoms. The zero-order valence-corrected chi connectivity index (χ0v) is 16.0.